The van der Waals surface area contributed by atoms with E-state index in [0.29, 0.717) is 18.1 Å². The molecule has 0 saturated carbocycles. The quantitative estimate of drug-likeness (QED) is 0.609. The van der Waals surface area contributed by atoms with Gasteiger partial charge in [0, 0.05) is 12.3 Å². The Kier molecular flexibility index (Phi) is 5.03. The second kappa shape index (κ2) is 5.24. The van der Waals surface area contributed by atoms with Gasteiger partial charge in [0.2, 0.25) is 0 Å². The van der Waals surface area contributed by atoms with Crippen molar-refractivity contribution in [2.45, 2.75) is 27.2 Å². The lowest BCUT2D eigenvalue weighted by molar-refractivity contribution is -0.120. The summed E-state index contributed by atoms with van der Waals surface area (Å²) in [6, 6.07) is 0. The molecule has 0 aromatic carbocycles. The van der Waals surface area contributed by atoms with E-state index in [9.17, 15) is 4.79 Å². The zero-order valence-corrected chi connectivity index (χ0v) is 8.03. The minimum atomic E-state index is -0.00551. The SMILES string of the molecule is CCOC(=S)CC(C)C(C)=O. The van der Waals surface area contributed by atoms with E-state index in [1.807, 2.05) is 13.8 Å². The molecule has 0 amide bonds. The molecule has 3 heteroatoms. The second-order valence-corrected chi connectivity index (χ2v) is 2.98. The average molecular weight is 174 g/mol. The summed E-state index contributed by atoms with van der Waals surface area (Å²) < 4.78 is 5.04. The maximum Gasteiger partial charge on any atom is 0.160 e. The molecular weight excluding hydrogens is 160 g/mol. The summed E-state index contributed by atoms with van der Waals surface area (Å²) in [6.07, 6.45) is 0.568. The molecule has 0 spiro atoms. The number of thiocarbonyl (C=S) groups is 1. The highest BCUT2D eigenvalue weighted by Gasteiger charge is 2.10. The van der Waals surface area contributed by atoms with Crippen LogP contribution in [0, 0.1) is 5.92 Å². The predicted octanol–water partition coefficient (Wildman–Crippen LogP) is 1.97. The van der Waals surface area contributed by atoms with E-state index in [2.05, 4.69) is 0 Å². The average Bonchev–Trinajstić information content (AvgIpc) is 1.87. The zero-order valence-electron chi connectivity index (χ0n) is 7.22. The van der Waals surface area contributed by atoms with Crippen LogP contribution in [-0.4, -0.2) is 17.4 Å². The van der Waals surface area contributed by atoms with Crippen LogP contribution in [0.15, 0.2) is 0 Å². The van der Waals surface area contributed by atoms with Gasteiger partial charge in [-0.25, -0.2) is 0 Å². The van der Waals surface area contributed by atoms with Gasteiger partial charge in [0.25, 0.3) is 0 Å². The van der Waals surface area contributed by atoms with Gasteiger partial charge in [0.15, 0.2) is 5.05 Å². The zero-order chi connectivity index (χ0) is 8.85. The lowest BCUT2D eigenvalue weighted by Gasteiger charge is -2.08. The van der Waals surface area contributed by atoms with Gasteiger partial charge in [-0.15, -0.1) is 0 Å². The third-order valence-electron chi connectivity index (χ3n) is 1.47. The predicted molar refractivity (Wildman–Crippen MR) is 48.7 cm³/mol. The molecule has 2 nitrogen and oxygen atoms in total. The molecule has 11 heavy (non-hydrogen) atoms. The third-order valence-corrected chi connectivity index (χ3v) is 1.76. The van der Waals surface area contributed by atoms with Gasteiger partial charge in [-0.3, -0.25) is 4.79 Å². The molecule has 0 aromatic heterocycles. The fraction of sp³-hybridized carbons (Fsp3) is 0.750. The van der Waals surface area contributed by atoms with Crippen LogP contribution >= 0.6 is 12.2 Å². The number of rotatable bonds is 4. The number of ether oxygens (including phenoxy) is 1. The first-order valence-electron chi connectivity index (χ1n) is 3.74. The van der Waals surface area contributed by atoms with Crippen LogP contribution in [0.5, 0.6) is 0 Å². The molecular formula is C8H14O2S. The largest absolute Gasteiger partial charge is 0.487 e. The van der Waals surface area contributed by atoms with E-state index in [-0.39, 0.29) is 11.7 Å². The van der Waals surface area contributed by atoms with Crippen molar-refractivity contribution in [3.63, 3.8) is 0 Å². The Hall–Kier alpha value is -0.440. The van der Waals surface area contributed by atoms with Crippen LogP contribution < -0.4 is 0 Å². The Morgan fingerprint density at radius 2 is 2.18 bits per heavy atom. The van der Waals surface area contributed by atoms with E-state index in [1.54, 1.807) is 6.92 Å². The van der Waals surface area contributed by atoms with Crippen LogP contribution in [0.4, 0.5) is 0 Å². The Bertz CT molecular complexity index is 154. The van der Waals surface area contributed by atoms with E-state index >= 15 is 0 Å². The maximum atomic E-state index is 10.8. The van der Waals surface area contributed by atoms with E-state index in [0.717, 1.165) is 0 Å². The van der Waals surface area contributed by atoms with Crippen molar-refractivity contribution in [3.05, 3.63) is 0 Å². The molecule has 0 radical (unpaired) electrons. The Morgan fingerprint density at radius 1 is 1.64 bits per heavy atom. The van der Waals surface area contributed by atoms with E-state index in [1.165, 1.54) is 0 Å². The number of ketones is 1. The number of hydrogen-bond donors (Lipinski definition) is 0. The summed E-state index contributed by atoms with van der Waals surface area (Å²) >= 11 is 4.87. The fourth-order valence-electron chi connectivity index (χ4n) is 0.614. The molecule has 0 aliphatic rings. The number of carbonyl (C=O) groups excluding carboxylic acids is 1. The minimum Gasteiger partial charge on any atom is -0.487 e. The highest BCUT2D eigenvalue weighted by atomic mass is 32.1. The molecule has 0 saturated heterocycles. The van der Waals surface area contributed by atoms with Crippen molar-refractivity contribution in [2.24, 2.45) is 5.92 Å². The monoisotopic (exact) mass is 174 g/mol. The first-order chi connectivity index (χ1) is 5.07. The normalized spacial score (nSPS) is 12.3. The van der Waals surface area contributed by atoms with Gasteiger partial charge < -0.3 is 4.74 Å². The number of Topliss-reactive ketones (excluding diaryl/α,β-unsaturated/α-hetero) is 1. The Morgan fingerprint density at radius 3 is 2.55 bits per heavy atom. The van der Waals surface area contributed by atoms with Crippen molar-refractivity contribution in [2.75, 3.05) is 6.61 Å². The van der Waals surface area contributed by atoms with Crippen LogP contribution in [-0.2, 0) is 9.53 Å². The highest BCUT2D eigenvalue weighted by molar-refractivity contribution is 7.80. The lowest BCUT2D eigenvalue weighted by Crippen LogP contribution is -2.13. The van der Waals surface area contributed by atoms with Crippen LogP contribution in [0.3, 0.4) is 0 Å². The van der Waals surface area contributed by atoms with Gasteiger partial charge in [-0.1, -0.05) is 6.92 Å². The van der Waals surface area contributed by atoms with Crippen molar-refractivity contribution >= 4 is 23.1 Å². The fourth-order valence-corrected chi connectivity index (χ4v) is 0.981. The van der Waals surface area contributed by atoms with Gasteiger partial charge in [0.1, 0.15) is 5.78 Å². The first kappa shape index (κ1) is 10.6. The van der Waals surface area contributed by atoms with Crippen molar-refractivity contribution in [1.29, 1.82) is 0 Å². The molecule has 1 unspecified atom stereocenters. The van der Waals surface area contributed by atoms with Gasteiger partial charge >= 0.3 is 0 Å². The maximum absolute atomic E-state index is 10.8. The minimum absolute atomic E-state index is 0.00551. The Labute approximate surface area is 72.9 Å². The van der Waals surface area contributed by atoms with E-state index in [4.69, 9.17) is 17.0 Å². The summed E-state index contributed by atoms with van der Waals surface area (Å²) in [4.78, 5) is 10.8. The highest BCUT2D eigenvalue weighted by Crippen LogP contribution is 2.05. The van der Waals surface area contributed by atoms with Crippen LogP contribution in [0.1, 0.15) is 27.2 Å². The molecule has 0 aromatic rings. The summed E-state index contributed by atoms with van der Waals surface area (Å²) in [7, 11) is 0. The molecule has 0 N–H and O–H groups in total. The molecule has 0 aliphatic carbocycles. The Balaban J connectivity index is 3.66. The smallest absolute Gasteiger partial charge is 0.160 e. The topological polar surface area (TPSA) is 26.3 Å². The standard InChI is InChI=1S/C8H14O2S/c1-4-10-8(11)5-6(2)7(3)9/h6H,4-5H2,1-3H3. The van der Waals surface area contributed by atoms with Gasteiger partial charge in [-0.05, 0) is 26.1 Å². The van der Waals surface area contributed by atoms with Crippen LogP contribution in [0.2, 0.25) is 0 Å². The lowest BCUT2D eigenvalue weighted by atomic mass is 10.1. The third kappa shape index (κ3) is 4.90. The number of hydrogen-bond acceptors (Lipinski definition) is 3. The van der Waals surface area contributed by atoms with E-state index < -0.39 is 0 Å². The summed E-state index contributed by atoms with van der Waals surface area (Å²) in [5, 5.41) is 0.537. The van der Waals surface area contributed by atoms with Gasteiger partial charge in [0.05, 0.1) is 6.61 Å². The molecule has 0 heterocycles. The molecule has 0 bridgehead atoms. The van der Waals surface area contributed by atoms with Crippen LogP contribution in [0.25, 0.3) is 0 Å². The first-order valence-corrected chi connectivity index (χ1v) is 4.14. The summed E-state index contributed by atoms with van der Waals surface area (Å²) in [5.74, 6) is 0.154. The van der Waals surface area contributed by atoms with Crippen molar-refractivity contribution < 1.29 is 9.53 Å². The number of carbonyl (C=O) groups is 1. The summed E-state index contributed by atoms with van der Waals surface area (Å²) in [6.45, 7) is 5.89. The molecule has 0 fully saturated rings. The molecule has 1 atom stereocenters. The molecule has 64 valence electrons. The van der Waals surface area contributed by atoms with Crippen molar-refractivity contribution in [3.8, 4) is 0 Å². The molecule has 0 rings (SSSR count). The second-order valence-electron chi connectivity index (χ2n) is 2.52. The van der Waals surface area contributed by atoms with Crippen molar-refractivity contribution in [1.82, 2.24) is 0 Å². The summed E-state index contributed by atoms with van der Waals surface area (Å²) in [5.41, 5.74) is 0. The van der Waals surface area contributed by atoms with Gasteiger partial charge in [-0.2, -0.15) is 0 Å². The molecule has 0 aliphatic heterocycles.